The zero-order valence-electron chi connectivity index (χ0n) is 8.20. The van der Waals surface area contributed by atoms with Crippen molar-refractivity contribution >= 4 is 29.0 Å². The molecule has 0 unspecified atom stereocenters. The van der Waals surface area contributed by atoms with Gasteiger partial charge in [-0.1, -0.05) is 13.0 Å². The maximum atomic E-state index is 11.2. The first kappa shape index (κ1) is 12.1. The summed E-state index contributed by atoms with van der Waals surface area (Å²) in [6, 6.07) is 4.72. The number of rotatable bonds is 4. The van der Waals surface area contributed by atoms with E-state index in [1.165, 1.54) is 29.1 Å². The van der Waals surface area contributed by atoms with Gasteiger partial charge in [-0.2, -0.15) is 0 Å². The number of halogens is 1. The maximum absolute atomic E-state index is 11.2. The summed E-state index contributed by atoms with van der Waals surface area (Å²) >= 11 is 1.47. The van der Waals surface area contributed by atoms with Crippen molar-refractivity contribution in [2.75, 3.05) is 6.61 Å². The molecule has 1 aromatic carbocycles. The topological polar surface area (TPSA) is 55.8 Å². The third-order valence-corrected chi connectivity index (χ3v) is 2.15. The molecular formula is C10H11IO4. The summed E-state index contributed by atoms with van der Waals surface area (Å²) in [6.45, 7) is 2.45. The molecule has 1 aromatic rings. The molecule has 0 aliphatic carbocycles. The SMILES string of the molecule is CCCOc1cccc(C(=O)OI)c1O. The third-order valence-electron chi connectivity index (χ3n) is 1.75. The average Bonchev–Trinajstić information content (AvgIpc) is 2.27. The van der Waals surface area contributed by atoms with Crippen LogP contribution in [0.15, 0.2) is 18.2 Å². The van der Waals surface area contributed by atoms with Crippen LogP contribution < -0.4 is 4.74 Å². The Bertz CT molecular complexity index is 351. The summed E-state index contributed by atoms with van der Waals surface area (Å²) in [7, 11) is 0. The van der Waals surface area contributed by atoms with Gasteiger partial charge >= 0.3 is 5.97 Å². The number of carbonyl (C=O) groups excluding carboxylic acids is 1. The summed E-state index contributed by atoms with van der Waals surface area (Å²) < 4.78 is 9.75. The van der Waals surface area contributed by atoms with E-state index in [2.05, 4.69) is 3.07 Å². The largest absolute Gasteiger partial charge is 0.504 e. The molecule has 0 spiro atoms. The molecule has 5 heteroatoms. The van der Waals surface area contributed by atoms with Gasteiger partial charge in [-0.25, -0.2) is 4.79 Å². The van der Waals surface area contributed by atoms with Gasteiger partial charge in [0.25, 0.3) is 0 Å². The smallest absolute Gasteiger partial charge is 0.351 e. The molecule has 0 saturated carbocycles. The van der Waals surface area contributed by atoms with E-state index in [0.717, 1.165) is 6.42 Å². The van der Waals surface area contributed by atoms with Crippen molar-refractivity contribution in [2.24, 2.45) is 0 Å². The first-order valence-corrected chi connectivity index (χ1v) is 5.36. The van der Waals surface area contributed by atoms with E-state index in [4.69, 9.17) is 4.74 Å². The molecule has 0 amide bonds. The number of phenolic OH excluding ortho intramolecular Hbond substituents is 1. The highest BCUT2D eigenvalue weighted by molar-refractivity contribution is 14.1. The van der Waals surface area contributed by atoms with Crippen LogP contribution in [0.2, 0.25) is 0 Å². The van der Waals surface area contributed by atoms with E-state index in [1.54, 1.807) is 12.1 Å². The minimum absolute atomic E-state index is 0.109. The normalized spacial score (nSPS) is 9.73. The fourth-order valence-corrected chi connectivity index (χ4v) is 1.29. The monoisotopic (exact) mass is 322 g/mol. The highest BCUT2D eigenvalue weighted by Gasteiger charge is 2.15. The van der Waals surface area contributed by atoms with Gasteiger partial charge in [-0.15, -0.1) is 0 Å². The minimum Gasteiger partial charge on any atom is -0.504 e. The average molecular weight is 322 g/mol. The van der Waals surface area contributed by atoms with Crippen molar-refractivity contribution in [1.82, 2.24) is 0 Å². The van der Waals surface area contributed by atoms with Gasteiger partial charge in [0.15, 0.2) is 34.5 Å². The van der Waals surface area contributed by atoms with Crippen molar-refractivity contribution in [2.45, 2.75) is 13.3 Å². The Kier molecular flexibility index (Phi) is 4.67. The Morgan fingerprint density at radius 2 is 2.27 bits per heavy atom. The highest BCUT2D eigenvalue weighted by atomic mass is 127. The first-order valence-electron chi connectivity index (χ1n) is 4.48. The summed E-state index contributed by atoms with van der Waals surface area (Å²) in [5, 5.41) is 9.69. The second-order valence-corrected chi connectivity index (χ2v) is 3.31. The van der Waals surface area contributed by atoms with Gasteiger partial charge in [-0.05, 0) is 18.6 Å². The van der Waals surface area contributed by atoms with Crippen molar-refractivity contribution in [3.05, 3.63) is 23.8 Å². The fourth-order valence-electron chi connectivity index (χ4n) is 1.06. The molecule has 0 aliphatic rings. The van der Waals surface area contributed by atoms with Gasteiger partial charge in [0, 0.05) is 0 Å². The van der Waals surface area contributed by atoms with Crippen LogP contribution in [0.25, 0.3) is 0 Å². The van der Waals surface area contributed by atoms with Gasteiger partial charge in [-0.3, -0.25) is 0 Å². The van der Waals surface area contributed by atoms with Crippen LogP contribution in [0.3, 0.4) is 0 Å². The van der Waals surface area contributed by atoms with Gasteiger partial charge < -0.3 is 12.9 Å². The molecule has 0 radical (unpaired) electrons. The van der Waals surface area contributed by atoms with Crippen molar-refractivity contribution < 1.29 is 17.7 Å². The maximum Gasteiger partial charge on any atom is 0.351 e. The lowest BCUT2D eigenvalue weighted by Gasteiger charge is -2.08. The molecule has 82 valence electrons. The lowest BCUT2D eigenvalue weighted by Crippen LogP contribution is -2.01. The van der Waals surface area contributed by atoms with E-state index < -0.39 is 5.97 Å². The third kappa shape index (κ3) is 2.98. The molecule has 0 fully saturated rings. The predicted octanol–water partition coefficient (Wildman–Crippen LogP) is 2.69. The van der Waals surface area contributed by atoms with E-state index in [-0.39, 0.29) is 11.3 Å². The Hall–Kier alpha value is -0.980. The van der Waals surface area contributed by atoms with Gasteiger partial charge in [0.2, 0.25) is 0 Å². The molecule has 0 bridgehead atoms. The van der Waals surface area contributed by atoms with Crippen LogP contribution >= 0.6 is 23.0 Å². The van der Waals surface area contributed by atoms with Crippen LogP contribution in [0, 0.1) is 0 Å². The Morgan fingerprint density at radius 1 is 1.53 bits per heavy atom. The highest BCUT2D eigenvalue weighted by Crippen LogP contribution is 2.30. The summed E-state index contributed by atoms with van der Waals surface area (Å²) in [5.74, 6) is -0.459. The molecule has 1 N–H and O–H groups in total. The molecule has 0 saturated heterocycles. The van der Waals surface area contributed by atoms with Crippen LogP contribution in [0.4, 0.5) is 0 Å². The van der Waals surface area contributed by atoms with Gasteiger partial charge in [0.1, 0.15) is 5.56 Å². The molecule has 1 rings (SSSR count). The van der Waals surface area contributed by atoms with E-state index in [9.17, 15) is 9.90 Å². The summed E-state index contributed by atoms with van der Waals surface area (Å²) in [5.41, 5.74) is 0.109. The zero-order chi connectivity index (χ0) is 11.3. The number of hydrogen-bond donors (Lipinski definition) is 1. The standard InChI is InChI=1S/C10H11IO4/c1-2-6-14-8-5-3-4-7(9(8)12)10(13)15-11/h3-5,12H,2,6H2,1H3. The summed E-state index contributed by atoms with van der Waals surface area (Å²) in [4.78, 5) is 11.2. The fraction of sp³-hybridized carbons (Fsp3) is 0.300. The second kappa shape index (κ2) is 5.79. The number of phenols is 1. The van der Waals surface area contributed by atoms with Crippen molar-refractivity contribution in [3.63, 3.8) is 0 Å². The molecule has 0 atom stereocenters. The molecule has 0 aliphatic heterocycles. The van der Waals surface area contributed by atoms with E-state index >= 15 is 0 Å². The van der Waals surface area contributed by atoms with E-state index in [1.807, 2.05) is 6.92 Å². The molecule has 15 heavy (non-hydrogen) atoms. The van der Waals surface area contributed by atoms with Gasteiger partial charge in [0.05, 0.1) is 6.61 Å². The minimum atomic E-state index is -0.588. The van der Waals surface area contributed by atoms with Crippen molar-refractivity contribution in [1.29, 1.82) is 0 Å². The number of benzene rings is 1. The van der Waals surface area contributed by atoms with Crippen LogP contribution in [0.1, 0.15) is 23.7 Å². The van der Waals surface area contributed by atoms with Crippen LogP contribution in [-0.2, 0) is 3.07 Å². The van der Waals surface area contributed by atoms with Crippen LogP contribution in [0.5, 0.6) is 11.5 Å². The van der Waals surface area contributed by atoms with Crippen molar-refractivity contribution in [3.8, 4) is 11.5 Å². The number of carbonyl (C=O) groups is 1. The Balaban J connectivity index is 2.95. The molecule has 4 nitrogen and oxygen atoms in total. The number of para-hydroxylation sites is 1. The zero-order valence-corrected chi connectivity index (χ0v) is 10.4. The van der Waals surface area contributed by atoms with Crippen LogP contribution in [-0.4, -0.2) is 17.7 Å². The number of hydrogen-bond acceptors (Lipinski definition) is 4. The quantitative estimate of drug-likeness (QED) is 0.866. The number of ether oxygens (including phenoxy) is 1. The van der Waals surface area contributed by atoms with E-state index in [0.29, 0.717) is 12.4 Å². The second-order valence-electron chi connectivity index (χ2n) is 2.87. The molecule has 0 aromatic heterocycles. The first-order chi connectivity index (χ1) is 7.20. The Morgan fingerprint density at radius 3 is 2.87 bits per heavy atom. The Labute approximate surface area is 102 Å². The lowest BCUT2D eigenvalue weighted by atomic mass is 10.2. The lowest BCUT2D eigenvalue weighted by molar-refractivity contribution is 0.0796. The molecular weight excluding hydrogens is 311 g/mol. The predicted molar refractivity (Wildman–Crippen MR) is 63.3 cm³/mol. The molecule has 0 heterocycles. The number of aromatic hydroxyl groups is 1. The summed E-state index contributed by atoms with van der Waals surface area (Å²) in [6.07, 6.45) is 0.834.